The van der Waals surface area contributed by atoms with Gasteiger partial charge in [-0.2, -0.15) is 0 Å². The molecule has 0 aromatic heterocycles. The summed E-state index contributed by atoms with van der Waals surface area (Å²) in [6.45, 7) is 11.0. The summed E-state index contributed by atoms with van der Waals surface area (Å²) in [5, 5.41) is 1.04. The van der Waals surface area contributed by atoms with Gasteiger partial charge in [-0.3, -0.25) is 0 Å². The van der Waals surface area contributed by atoms with Gasteiger partial charge in [-0.05, 0) is 47.5 Å². The third-order valence-corrected chi connectivity index (χ3v) is 3.66. The molecule has 1 aliphatic heterocycles. The molecule has 1 heterocycles. The van der Waals surface area contributed by atoms with Crippen LogP contribution >= 0.6 is 15.9 Å². The first-order valence-electron chi connectivity index (χ1n) is 5.71. The van der Waals surface area contributed by atoms with Gasteiger partial charge < -0.3 is 4.74 Å². The fraction of sp³-hybridized carbons (Fsp3) is 0.846. The van der Waals surface area contributed by atoms with Crippen LogP contribution in [0.1, 0.15) is 47.5 Å². The molecule has 0 radical (unpaired) electrons. The Hall–Kier alpha value is 0.180. The number of alkyl halides is 1. The highest BCUT2D eigenvalue weighted by Crippen LogP contribution is 2.45. The summed E-state index contributed by atoms with van der Waals surface area (Å²) in [7, 11) is 0. The summed E-state index contributed by atoms with van der Waals surface area (Å²) in [6, 6.07) is 0. The number of halogens is 1. The molecule has 0 spiro atoms. The smallest absolute Gasteiger partial charge is 0.0699 e. The molecule has 0 aromatic rings. The molecule has 88 valence electrons. The topological polar surface area (TPSA) is 9.23 Å². The Morgan fingerprint density at radius 3 is 2.40 bits per heavy atom. The number of ether oxygens (including phenoxy) is 1. The molecular weight excluding hydrogens is 252 g/mol. The Bertz CT molecular complexity index is 253. The average molecular weight is 275 g/mol. The van der Waals surface area contributed by atoms with Crippen molar-refractivity contribution in [2.75, 3.05) is 5.33 Å². The highest BCUT2D eigenvalue weighted by molar-refractivity contribution is 9.09. The summed E-state index contributed by atoms with van der Waals surface area (Å²) in [5.41, 5.74) is 1.48. The summed E-state index contributed by atoms with van der Waals surface area (Å²) >= 11 is 3.46. The maximum Gasteiger partial charge on any atom is 0.0699 e. The van der Waals surface area contributed by atoms with Crippen molar-refractivity contribution in [2.24, 2.45) is 5.92 Å². The minimum atomic E-state index is -0.0175. The molecule has 0 aromatic carbocycles. The number of rotatable bonds is 3. The summed E-state index contributed by atoms with van der Waals surface area (Å²) < 4.78 is 6.10. The Balaban J connectivity index is 2.78. The molecule has 1 nitrogen and oxygen atoms in total. The van der Waals surface area contributed by atoms with Gasteiger partial charge in [0.05, 0.1) is 11.2 Å². The molecule has 0 saturated carbocycles. The van der Waals surface area contributed by atoms with E-state index >= 15 is 0 Å². The third-order valence-electron chi connectivity index (χ3n) is 3.20. The van der Waals surface area contributed by atoms with Gasteiger partial charge in [0, 0.05) is 11.2 Å². The first kappa shape index (κ1) is 13.2. The van der Waals surface area contributed by atoms with Crippen molar-refractivity contribution in [2.45, 2.75) is 58.7 Å². The average Bonchev–Trinajstić information content (AvgIpc) is 2.30. The Morgan fingerprint density at radius 1 is 1.40 bits per heavy atom. The van der Waals surface area contributed by atoms with E-state index in [1.807, 2.05) is 0 Å². The van der Waals surface area contributed by atoms with Crippen LogP contribution in [0.2, 0.25) is 0 Å². The predicted molar refractivity (Wildman–Crippen MR) is 69.5 cm³/mol. The van der Waals surface area contributed by atoms with Crippen molar-refractivity contribution >= 4 is 15.9 Å². The first-order chi connectivity index (χ1) is 6.78. The van der Waals surface area contributed by atoms with E-state index in [1.54, 1.807) is 0 Å². The molecule has 1 saturated heterocycles. The largest absolute Gasteiger partial charge is 0.369 e. The van der Waals surface area contributed by atoms with Gasteiger partial charge >= 0.3 is 0 Å². The van der Waals surface area contributed by atoms with E-state index in [2.05, 4.69) is 56.6 Å². The normalized spacial score (nSPS) is 29.5. The third kappa shape index (κ3) is 3.32. The summed E-state index contributed by atoms with van der Waals surface area (Å²) in [4.78, 5) is 0. The van der Waals surface area contributed by atoms with E-state index in [0.717, 1.165) is 18.2 Å². The Labute approximate surface area is 102 Å². The second kappa shape index (κ2) is 4.58. The van der Waals surface area contributed by atoms with Crippen molar-refractivity contribution < 1.29 is 4.74 Å². The molecule has 2 heteroatoms. The van der Waals surface area contributed by atoms with Crippen LogP contribution in [0.5, 0.6) is 0 Å². The van der Waals surface area contributed by atoms with Gasteiger partial charge in [-0.25, -0.2) is 0 Å². The highest BCUT2D eigenvalue weighted by Gasteiger charge is 2.46. The van der Waals surface area contributed by atoms with Crippen LogP contribution in [0.25, 0.3) is 0 Å². The molecule has 15 heavy (non-hydrogen) atoms. The van der Waals surface area contributed by atoms with E-state index < -0.39 is 0 Å². The van der Waals surface area contributed by atoms with Crippen LogP contribution in [-0.4, -0.2) is 16.5 Å². The van der Waals surface area contributed by atoms with Crippen LogP contribution in [0.3, 0.4) is 0 Å². The minimum absolute atomic E-state index is 0.0175. The van der Waals surface area contributed by atoms with Crippen molar-refractivity contribution in [3.63, 3.8) is 0 Å². The predicted octanol–water partition coefficient (Wildman–Crippen LogP) is 4.31. The lowest BCUT2D eigenvalue weighted by Gasteiger charge is -2.28. The van der Waals surface area contributed by atoms with Crippen molar-refractivity contribution in [3.8, 4) is 0 Å². The lowest BCUT2D eigenvalue weighted by atomic mass is 9.82. The van der Waals surface area contributed by atoms with Crippen LogP contribution < -0.4 is 0 Å². The fourth-order valence-corrected chi connectivity index (χ4v) is 2.92. The zero-order valence-corrected chi connectivity index (χ0v) is 12.1. The zero-order chi connectivity index (χ0) is 11.7. The van der Waals surface area contributed by atoms with E-state index in [-0.39, 0.29) is 11.2 Å². The molecule has 0 amide bonds. The molecule has 0 N–H and O–H groups in total. The van der Waals surface area contributed by atoms with E-state index in [0.29, 0.717) is 5.92 Å². The van der Waals surface area contributed by atoms with Gasteiger partial charge in [-0.1, -0.05) is 27.6 Å². The van der Waals surface area contributed by atoms with Crippen molar-refractivity contribution in [1.82, 2.24) is 0 Å². The Kier molecular flexibility index (Phi) is 4.05. The van der Waals surface area contributed by atoms with E-state index in [4.69, 9.17) is 4.74 Å². The molecule has 1 unspecified atom stereocenters. The lowest BCUT2D eigenvalue weighted by Crippen LogP contribution is -2.29. The van der Waals surface area contributed by atoms with Gasteiger partial charge in [0.25, 0.3) is 0 Å². The lowest BCUT2D eigenvalue weighted by molar-refractivity contribution is -0.0714. The van der Waals surface area contributed by atoms with Crippen LogP contribution in [0.4, 0.5) is 0 Å². The van der Waals surface area contributed by atoms with Crippen molar-refractivity contribution in [1.29, 1.82) is 0 Å². The van der Waals surface area contributed by atoms with Gasteiger partial charge in [-0.15, -0.1) is 0 Å². The number of hydrogen-bond donors (Lipinski definition) is 0. The monoisotopic (exact) mass is 274 g/mol. The molecule has 0 bridgehead atoms. The zero-order valence-electron chi connectivity index (χ0n) is 10.6. The standard InChI is InChI=1S/C13H23BrO/c1-10(7-6-8-14)11-9-12(2,3)15-13(11,4)5/h7,11H,6,8-9H2,1-5H3. The van der Waals surface area contributed by atoms with Gasteiger partial charge in [0.15, 0.2) is 0 Å². The summed E-state index contributed by atoms with van der Waals surface area (Å²) in [5.74, 6) is 0.562. The van der Waals surface area contributed by atoms with Crippen LogP contribution in [0, 0.1) is 5.92 Å². The second-order valence-corrected chi connectivity index (χ2v) is 6.44. The molecular formula is C13H23BrO. The molecule has 1 fully saturated rings. The fourth-order valence-electron chi connectivity index (χ4n) is 2.70. The minimum Gasteiger partial charge on any atom is -0.369 e. The second-order valence-electron chi connectivity index (χ2n) is 5.65. The Morgan fingerprint density at radius 2 is 2.00 bits per heavy atom. The van der Waals surface area contributed by atoms with E-state index in [9.17, 15) is 0 Å². The van der Waals surface area contributed by atoms with E-state index in [1.165, 1.54) is 5.57 Å². The quantitative estimate of drug-likeness (QED) is 0.551. The van der Waals surface area contributed by atoms with Crippen LogP contribution in [0.15, 0.2) is 11.6 Å². The van der Waals surface area contributed by atoms with Gasteiger partial charge in [0.1, 0.15) is 0 Å². The number of allylic oxidation sites excluding steroid dienone is 1. The maximum absolute atomic E-state index is 6.10. The SMILES string of the molecule is CC(=CCCBr)C1CC(C)(C)OC1(C)C. The molecule has 1 aliphatic rings. The summed E-state index contributed by atoms with van der Waals surface area (Å²) in [6.07, 6.45) is 4.58. The first-order valence-corrected chi connectivity index (χ1v) is 6.83. The molecule has 1 atom stereocenters. The number of hydrogen-bond acceptors (Lipinski definition) is 1. The molecule has 1 rings (SSSR count). The van der Waals surface area contributed by atoms with Gasteiger partial charge in [0.2, 0.25) is 0 Å². The molecule has 0 aliphatic carbocycles. The van der Waals surface area contributed by atoms with Crippen LogP contribution in [-0.2, 0) is 4.74 Å². The maximum atomic E-state index is 6.10. The van der Waals surface area contributed by atoms with Crippen molar-refractivity contribution in [3.05, 3.63) is 11.6 Å². The highest BCUT2D eigenvalue weighted by atomic mass is 79.9.